The predicted molar refractivity (Wildman–Crippen MR) is 103 cm³/mol. The van der Waals surface area contributed by atoms with E-state index >= 15 is 0 Å². The van der Waals surface area contributed by atoms with Crippen molar-refractivity contribution in [2.45, 2.75) is 69.1 Å². The number of hydrogen-bond acceptors (Lipinski definition) is 5. The zero-order valence-electron chi connectivity index (χ0n) is 16.9. The average Bonchev–Trinajstić information content (AvgIpc) is 2.88. The Hall–Kier alpha value is -2.78. The number of alkyl halides is 2. The number of hydrogen-bond donors (Lipinski definition) is 2. The van der Waals surface area contributed by atoms with Crippen molar-refractivity contribution in [3.8, 4) is 5.88 Å². The highest BCUT2D eigenvalue weighted by Gasteiger charge is 2.59. The third-order valence-electron chi connectivity index (χ3n) is 7.13. The van der Waals surface area contributed by atoms with Gasteiger partial charge in [-0.25, -0.2) is 18.6 Å². The fraction of sp³-hybridized carbons (Fsp3) is 0.619. The molecule has 1 unspecified atom stereocenters. The number of nitrogens with zero attached hydrogens (tertiary/aromatic N) is 2. The number of carbonyl (C=O) groups excluding carboxylic acids is 3. The molecule has 3 N–H and O–H groups in total. The quantitative estimate of drug-likeness (QED) is 0.667. The van der Waals surface area contributed by atoms with Crippen LogP contribution in [0.25, 0.3) is 0 Å². The standard InChI is InChI=1S/C21H24F2N4O4/c22-21(23)5-11(6-21)4-15-18(29)27(19(30)26-15)12-7-20(8-12)9-13(10-20)31-17-14(16(24)28)2-1-3-25-17/h1-3,11-13,15H,4-10H2,(H2,24,28)(H,26,30). The molecule has 1 spiro atoms. The lowest BCUT2D eigenvalue weighted by molar-refractivity contribution is -0.143. The van der Waals surface area contributed by atoms with Crippen LogP contribution in [-0.4, -0.2) is 51.8 Å². The molecule has 8 nitrogen and oxygen atoms in total. The summed E-state index contributed by atoms with van der Waals surface area (Å²) in [4.78, 5) is 41.9. The van der Waals surface area contributed by atoms with Crippen molar-refractivity contribution >= 4 is 17.8 Å². The molecule has 1 aliphatic heterocycles. The maximum absolute atomic E-state index is 13.0. The minimum Gasteiger partial charge on any atom is -0.474 e. The first-order valence-corrected chi connectivity index (χ1v) is 10.6. The Kier molecular flexibility index (Phi) is 4.46. The summed E-state index contributed by atoms with van der Waals surface area (Å²) in [5.74, 6) is -3.53. The highest BCUT2D eigenvalue weighted by atomic mass is 19.3. The zero-order valence-corrected chi connectivity index (χ0v) is 16.9. The molecule has 1 aromatic rings. The molecule has 3 saturated carbocycles. The molecule has 2 heterocycles. The number of primary amides is 1. The molecule has 10 heteroatoms. The van der Waals surface area contributed by atoms with Gasteiger partial charge < -0.3 is 15.8 Å². The molecule has 166 valence electrons. The first-order valence-electron chi connectivity index (χ1n) is 10.6. The van der Waals surface area contributed by atoms with E-state index < -0.39 is 23.9 Å². The van der Waals surface area contributed by atoms with E-state index in [1.165, 1.54) is 11.1 Å². The van der Waals surface area contributed by atoms with E-state index in [0.29, 0.717) is 12.8 Å². The van der Waals surface area contributed by atoms with Gasteiger partial charge in [0.1, 0.15) is 17.7 Å². The number of rotatable bonds is 6. The van der Waals surface area contributed by atoms with Crippen molar-refractivity contribution in [3.05, 3.63) is 23.9 Å². The normalized spacial score (nSPS) is 34.0. The Morgan fingerprint density at radius 3 is 2.58 bits per heavy atom. The molecular weight excluding hydrogens is 410 g/mol. The number of ether oxygens (including phenoxy) is 1. The van der Waals surface area contributed by atoms with Crippen LogP contribution in [0.1, 0.15) is 55.3 Å². The van der Waals surface area contributed by atoms with Crippen LogP contribution >= 0.6 is 0 Å². The minimum absolute atomic E-state index is 0.0195. The maximum Gasteiger partial charge on any atom is 0.325 e. The molecule has 0 radical (unpaired) electrons. The molecule has 3 aliphatic carbocycles. The van der Waals surface area contributed by atoms with Gasteiger partial charge in [0.25, 0.3) is 11.8 Å². The SMILES string of the molecule is NC(=O)c1cccnc1OC1CC2(C1)CC(N1C(=O)NC(CC3CC(F)(F)C3)C1=O)C2. The maximum atomic E-state index is 13.0. The molecule has 5 rings (SSSR count). The molecule has 0 aromatic carbocycles. The van der Waals surface area contributed by atoms with Gasteiger partial charge in [-0.3, -0.25) is 14.5 Å². The lowest BCUT2D eigenvalue weighted by Gasteiger charge is -2.58. The summed E-state index contributed by atoms with van der Waals surface area (Å²) in [7, 11) is 0. The molecule has 4 aliphatic rings. The van der Waals surface area contributed by atoms with Gasteiger partial charge in [-0.15, -0.1) is 0 Å². The summed E-state index contributed by atoms with van der Waals surface area (Å²) in [5, 5.41) is 2.67. The summed E-state index contributed by atoms with van der Waals surface area (Å²) in [5.41, 5.74) is 5.61. The Morgan fingerprint density at radius 2 is 1.94 bits per heavy atom. The summed E-state index contributed by atoms with van der Waals surface area (Å²) in [6.45, 7) is 0. The molecule has 4 amide bonds. The van der Waals surface area contributed by atoms with Crippen LogP contribution in [0, 0.1) is 11.3 Å². The first kappa shape index (κ1) is 20.1. The van der Waals surface area contributed by atoms with Crippen molar-refractivity contribution in [2.24, 2.45) is 17.1 Å². The molecule has 1 atom stereocenters. The van der Waals surface area contributed by atoms with E-state index in [0.717, 1.165) is 12.8 Å². The second-order valence-corrected chi connectivity index (χ2v) is 9.51. The van der Waals surface area contributed by atoms with Crippen molar-refractivity contribution in [1.82, 2.24) is 15.2 Å². The van der Waals surface area contributed by atoms with Crippen molar-refractivity contribution in [3.63, 3.8) is 0 Å². The molecule has 0 bridgehead atoms. The molecular formula is C21H24F2N4O4. The number of halogens is 2. The van der Waals surface area contributed by atoms with Crippen molar-refractivity contribution < 1.29 is 27.9 Å². The second-order valence-electron chi connectivity index (χ2n) is 9.51. The van der Waals surface area contributed by atoms with Gasteiger partial charge in [0.2, 0.25) is 11.8 Å². The van der Waals surface area contributed by atoms with Crippen LogP contribution in [0.5, 0.6) is 5.88 Å². The summed E-state index contributed by atoms with van der Waals surface area (Å²) in [6.07, 6.45) is 4.19. The highest BCUT2D eigenvalue weighted by molar-refractivity contribution is 6.04. The van der Waals surface area contributed by atoms with Crippen LogP contribution in [0.4, 0.5) is 13.6 Å². The van der Waals surface area contributed by atoms with Crippen LogP contribution in [0.2, 0.25) is 0 Å². The van der Waals surface area contributed by atoms with E-state index in [2.05, 4.69) is 10.3 Å². The molecule has 1 aromatic heterocycles. The third-order valence-corrected chi connectivity index (χ3v) is 7.13. The van der Waals surface area contributed by atoms with Crippen LogP contribution in [0.15, 0.2) is 18.3 Å². The fourth-order valence-electron chi connectivity index (χ4n) is 5.61. The Balaban J connectivity index is 1.12. The number of urea groups is 1. The Labute approximate surface area is 177 Å². The molecule has 31 heavy (non-hydrogen) atoms. The number of nitrogens with one attached hydrogen (secondary N) is 1. The second kappa shape index (κ2) is 6.86. The van der Waals surface area contributed by atoms with E-state index in [4.69, 9.17) is 10.5 Å². The first-order chi connectivity index (χ1) is 14.6. The highest BCUT2D eigenvalue weighted by Crippen LogP contribution is 2.58. The van der Waals surface area contributed by atoms with E-state index in [9.17, 15) is 23.2 Å². The number of pyridine rings is 1. The van der Waals surface area contributed by atoms with Gasteiger partial charge in [0.05, 0.1) is 0 Å². The topological polar surface area (TPSA) is 115 Å². The summed E-state index contributed by atoms with van der Waals surface area (Å²) >= 11 is 0. The number of imide groups is 1. The lowest BCUT2D eigenvalue weighted by Crippen LogP contribution is -2.60. The van der Waals surface area contributed by atoms with E-state index in [-0.39, 0.29) is 60.1 Å². The molecule has 1 saturated heterocycles. The number of aromatic nitrogens is 1. The predicted octanol–water partition coefficient (Wildman–Crippen LogP) is 2.23. The smallest absolute Gasteiger partial charge is 0.325 e. The fourth-order valence-corrected chi connectivity index (χ4v) is 5.61. The number of carbonyl (C=O) groups is 3. The van der Waals surface area contributed by atoms with Crippen molar-refractivity contribution in [1.29, 1.82) is 0 Å². The van der Waals surface area contributed by atoms with Gasteiger partial charge in [-0.05, 0) is 55.6 Å². The monoisotopic (exact) mass is 434 g/mol. The van der Waals surface area contributed by atoms with Gasteiger partial charge >= 0.3 is 6.03 Å². The van der Waals surface area contributed by atoms with E-state index in [1.54, 1.807) is 12.1 Å². The number of amides is 4. The van der Waals surface area contributed by atoms with Crippen LogP contribution in [-0.2, 0) is 4.79 Å². The Bertz CT molecular complexity index is 933. The van der Waals surface area contributed by atoms with Crippen molar-refractivity contribution in [2.75, 3.05) is 0 Å². The minimum atomic E-state index is -2.63. The van der Waals surface area contributed by atoms with Crippen LogP contribution < -0.4 is 15.8 Å². The summed E-state index contributed by atoms with van der Waals surface area (Å²) < 4.78 is 31.9. The summed E-state index contributed by atoms with van der Waals surface area (Å²) in [6, 6.07) is 1.90. The largest absolute Gasteiger partial charge is 0.474 e. The lowest BCUT2D eigenvalue weighted by atomic mass is 9.52. The van der Waals surface area contributed by atoms with E-state index in [1.807, 2.05) is 0 Å². The number of nitrogens with two attached hydrogens (primary N) is 1. The average molecular weight is 434 g/mol. The zero-order chi connectivity index (χ0) is 22.0. The van der Waals surface area contributed by atoms with Crippen LogP contribution in [0.3, 0.4) is 0 Å². The van der Waals surface area contributed by atoms with Gasteiger partial charge in [0.15, 0.2) is 0 Å². The molecule has 4 fully saturated rings. The Morgan fingerprint density at radius 1 is 1.23 bits per heavy atom. The third kappa shape index (κ3) is 3.51. The van der Waals surface area contributed by atoms with Gasteiger partial charge in [-0.1, -0.05) is 0 Å². The van der Waals surface area contributed by atoms with Gasteiger partial charge in [-0.2, -0.15) is 0 Å². The van der Waals surface area contributed by atoms with Gasteiger partial charge in [0, 0.05) is 25.1 Å².